The van der Waals surface area contributed by atoms with Gasteiger partial charge in [-0.2, -0.15) is 8.42 Å². The second-order valence-electron chi connectivity index (χ2n) is 7.22. The number of carbonyl (C=O) groups is 1. The van der Waals surface area contributed by atoms with Crippen LogP contribution < -0.4 is 10.1 Å². The molecule has 0 spiro atoms. The number of rotatable bonds is 9. The Morgan fingerprint density at radius 2 is 1.89 bits per heavy atom. The highest BCUT2D eigenvalue weighted by Crippen LogP contribution is 2.33. The fourth-order valence-corrected chi connectivity index (χ4v) is 4.89. The minimum absolute atomic E-state index is 0.000759. The summed E-state index contributed by atoms with van der Waals surface area (Å²) in [5, 5.41) is 3.81. The summed E-state index contributed by atoms with van der Waals surface area (Å²) in [4.78, 5) is 11.9. The van der Waals surface area contributed by atoms with Crippen molar-refractivity contribution in [3.63, 3.8) is 0 Å². The van der Waals surface area contributed by atoms with E-state index in [1.165, 1.54) is 0 Å². The second kappa shape index (κ2) is 10.4. The van der Waals surface area contributed by atoms with Gasteiger partial charge in [0.1, 0.15) is 5.75 Å². The summed E-state index contributed by atoms with van der Waals surface area (Å²) >= 11 is 5.80. The maximum absolute atomic E-state index is 11.9. The zero-order valence-corrected chi connectivity index (χ0v) is 17.1. The molecule has 6 nitrogen and oxygen atoms in total. The van der Waals surface area contributed by atoms with Crippen molar-refractivity contribution < 1.29 is 22.5 Å². The van der Waals surface area contributed by atoms with Gasteiger partial charge in [-0.15, -0.1) is 0 Å². The van der Waals surface area contributed by atoms with Gasteiger partial charge in [-0.3, -0.25) is 9.35 Å². The summed E-state index contributed by atoms with van der Waals surface area (Å²) in [7, 11) is -3.95. The Bertz CT molecular complexity index is 699. The van der Waals surface area contributed by atoms with E-state index in [4.69, 9.17) is 16.3 Å². The van der Waals surface area contributed by atoms with Gasteiger partial charge in [-0.1, -0.05) is 24.9 Å². The average molecular weight is 418 g/mol. The van der Waals surface area contributed by atoms with E-state index in [0.29, 0.717) is 16.7 Å². The van der Waals surface area contributed by atoms with Crippen molar-refractivity contribution in [1.82, 2.24) is 5.32 Å². The van der Waals surface area contributed by atoms with E-state index >= 15 is 0 Å². The van der Waals surface area contributed by atoms with Gasteiger partial charge in [-0.05, 0) is 68.2 Å². The van der Waals surface area contributed by atoms with Crippen molar-refractivity contribution in [2.75, 3.05) is 12.3 Å². The van der Waals surface area contributed by atoms with Crippen LogP contribution in [0.25, 0.3) is 0 Å². The van der Waals surface area contributed by atoms with E-state index in [1.807, 2.05) is 6.92 Å². The third-order valence-corrected chi connectivity index (χ3v) is 6.20. The van der Waals surface area contributed by atoms with Crippen LogP contribution >= 0.6 is 11.6 Å². The Morgan fingerprint density at radius 3 is 2.44 bits per heavy atom. The predicted molar refractivity (Wildman–Crippen MR) is 106 cm³/mol. The topological polar surface area (TPSA) is 92.7 Å². The van der Waals surface area contributed by atoms with Crippen LogP contribution in [0.4, 0.5) is 0 Å². The molecule has 1 unspecified atom stereocenters. The first-order chi connectivity index (χ1) is 12.8. The summed E-state index contributed by atoms with van der Waals surface area (Å²) in [5.41, 5.74) is 0. The molecule has 1 aromatic rings. The van der Waals surface area contributed by atoms with Gasteiger partial charge >= 0.3 is 5.97 Å². The first kappa shape index (κ1) is 22.1. The number of halogens is 1. The summed E-state index contributed by atoms with van der Waals surface area (Å²) < 4.78 is 36.9. The zero-order valence-electron chi connectivity index (χ0n) is 15.6. The number of carbonyl (C=O) groups excluding carboxylic acids is 1. The predicted octanol–water partition coefficient (Wildman–Crippen LogP) is 3.70. The van der Waals surface area contributed by atoms with Gasteiger partial charge in [-0.25, -0.2) is 0 Å². The smallest absolute Gasteiger partial charge is 0.325 e. The summed E-state index contributed by atoms with van der Waals surface area (Å²) in [6.45, 7) is 2.15. The monoisotopic (exact) mass is 417 g/mol. The summed E-state index contributed by atoms with van der Waals surface area (Å²) in [6.07, 6.45) is 5.24. The summed E-state index contributed by atoms with van der Waals surface area (Å²) in [5.74, 6) is 0.251. The molecular weight excluding hydrogens is 390 g/mol. The van der Waals surface area contributed by atoms with Crippen LogP contribution in [-0.2, 0) is 14.9 Å². The third kappa shape index (κ3) is 8.17. The van der Waals surface area contributed by atoms with Crippen molar-refractivity contribution >= 4 is 27.7 Å². The lowest BCUT2D eigenvalue weighted by atomic mass is 9.77. The highest BCUT2D eigenvalue weighted by atomic mass is 35.5. The van der Waals surface area contributed by atoms with Crippen molar-refractivity contribution in [3.8, 4) is 5.75 Å². The van der Waals surface area contributed by atoms with E-state index in [0.717, 1.165) is 38.5 Å². The molecule has 1 saturated carbocycles. The molecule has 1 aromatic carbocycles. The minimum atomic E-state index is -3.95. The summed E-state index contributed by atoms with van der Waals surface area (Å²) in [6, 6.07) is 6.84. The van der Waals surface area contributed by atoms with Crippen molar-refractivity contribution in [3.05, 3.63) is 29.3 Å². The molecule has 0 bridgehead atoms. The van der Waals surface area contributed by atoms with Crippen LogP contribution in [0.5, 0.6) is 5.75 Å². The fourth-order valence-electron chi connectivity index (χ4n) is 3.79. The Hall–Kier alpha value is -1.15. The molecule has 2 rings (SSSR count). The molecule has 1 fully saturated rings. The van der Waals surface area contributed by atoms with Crippen LogP contribution in [0.2, 0.25) is 5.02 Å². The minimum Gasteiger partial charge on any atom is -0.426 e. The Morgan fingerprint density at radius 1 is 1.26 bits per heavy atom. The third-order valence-electron chi connectivity index (χ3n) is 5.10. The molecule has 152 valence electrons. The molecule has 1 aliphatic carbocycles. The van der Waals surface area contributed by atoms with E-state index < -0.39 is 10.1 Å². The maximum Gasteiger partial charge on any atom is 0.325 e. The molecule has 8 heteroatoms. The van der Waals surface area contributed by atoms with Crippen molar-refractivity contribution in [1.29, 1.82) is 0 Å². The fraction of sp³-hybridized carbons (Fsp3) is 0.632. The highest BCUT2D eigenvalue weighted by Gasteiger charge is 2.30. The molecule has 2 N–H and O–H groups in total. The number of ether oxygens (including phenoxy) is 1. The SMILES string of the molecule is CCCC(CS(=O)(=O)O)C1CCC(NCC(=O)Oc2ccc(Cl)cc2)CC1. The van der Waals surface area contributed by atoms with Gasteiger partial charge in [0.25, 0.3) is 10.1 Å². The van der Waals surface area contributed by atoms with E-state index in [1.54, 1.807) is 24.3 Å². The van der Waals surface area contributed by atoms with E-state index in [-0.39, 0.29) is 30.2 Å². The lowest BCUT2D eigenvalue weighted by molar-refractivity contribution is -0.133. The van der Waals surface area contributed by atoms with Crippen LogP contribution in [0.1, 0.15) is 45.4 Å². The Kier molecular flexibility index (Phi) is 8.54. The Balaban J connectivity index is 1.74. The quantitative estimate of drug-likeness (QED) is 0.361. The molecule has 27 heavy (non-hydrogen) atoms. The largest absolute Gasteiger partial charge is 0.426 e. The molecular formula is C19H28ClNO5S. The first-order valence-electron chi connectivity index (χ1n) is 9.41. The van der Waals surface area contributed by atoms with Gasteiger partial charge in [0, 0.05) is 11.1 Å². The zero-order chi connectivity index (χ0) is 19.9. The first-order valence-corrected chi connectivity index (χ1v) is 11.4. The maximum atomic E-state index is 11.9. The molecule has 0 amide bonds. The second-order valence-corrected chi connectivity index (χ2v) is 9.15. The van der Waals surface area contributed by atoms with E-state index in [2.05, 4.69) is 5.32 Å². The highest BCUT2D eigenvalue weighted by molar-refractivity contribution is 7.85. The van der Waals surface area contributed by atoms with Crippen LogP contribution in [0, 0.1) is 11.8 Å². The van der Waals surface area contributed by atoms with Gasteiger partial charge in [0.15, 0.2) is 0 Å². The number of benzene rings is 1. The molecule has 0 heterocycles. The molecule has 0 aliphatic heterocycles. The molecule has 0 radical (unpaired) electrons. The van der Waals surface area contributed by atoms with Crippen LogP contribution in [0.15, 0.2) is 24.3 Å². The molecule has 0 saturated heterocycles. The van der Waals surface area contributed by atoms with Crippen LogP contribution in [0.3, 0.4) is 0 Å². The Labute approximate surface area is 166 Å². The lowest BCUT2D eigenvalue weighted by Crippen LogP contribution is -2.39. The molecule has 0 aromatic heterocycles. The van der Waals surface area contributed by atoms with Gasteiger partial charge < -0.3 is 10.1 Å². The molecule has 1 atom stereocenters. The van der Waals surface area contributed by atoms with Crippen molar-refractivity contribution in [2.45, 2.75) is 51.5 Å². The standard InChI is InChI=1S/C19H28ClNO5S/c1-2-3-15(13-27(23,24)25)14-4-8-17(9-5-14)21-12-19(22)26-18-10-6-16(20)7-11-18/h6-7,10-11,14-15,17,21H,2-5,8-9,12-13H2,1H3,(H,23,24,25). The molecule has 1 aliphatic rings. The van der Waals surface area contributed by atoms with Crippen molar-refractivity contribution in [2.24, 2.45) is 11.8 Å². The van der Waals surface area contributed by atoms with E-state index in [9.17, 15) is 17.8 Å². The van der Waals surface area contributed by atoms with Crippen LogP contribution in [-0.4, -0.2) is 37.3 Å². The number of nitrogens with one attached hydrogen (secondary N) is 1. The van der Waals surface area contributed by atoms with Gasteiger partial charge in [0.05, 0.1) is 12.3 Å². The number of hydrogen-bond acceptors (Lipinski definition) is 5. The normalized spacial score (nSPS) is 21.6. The number of esters is 1. The lowest BCUT2D eigenvalue weighted by Gasteiger charge is -2.33. The van der Waals surface area contributed by atoms with Gasteiger partial charge in [0.2, 0.25) is 0 Å². The number of hydrogen-bond donors (Lipinski definition) is 2. The average Bonchev–Trinajstić information content (AvgIpc) is 2.61.